The summed E-state index contributed by atoms with van der Waals surface area (Å²) in [5, 5.41) is 22.2. The standard InChI is InChI=1S/C17H28O2.C15H19NO4.C10H17F3NO6S2.C10H20O2.2C10H14O.C9H13F5NO6S2.2C6H6S/c1-4-11(3)16(18)19-17(5-2)14-7-12-6-13(9-14)10-15(17)8-12;1-4-14(2,3)12(17)19-10-8-5-9-11(10)20-13(18)15(9,6-8)7-16;1-4-9(2,3)8(15)20-6-5-7-21(16,17)14-22(18,19)10(11,12)13;1-7-10(5,6)8(11)12-9(2,3)4;2*1-3-8(2)9-4-6-10(11)7-5-9;1-4-7(2,3)6(16)21-5-8(10,11)22(17,18)15-23(19,20)9(12,13)14;2*7-6-4-2-1-3-5-6/h11-15H,4-10H2,1-3H3;8-11H,4-6H2,1-3H3;4-7H2,1-3H3;7H2,1-6H3;2*4-8,11H,3H2,1-2H3;4-5H2,1-3H3;2*1-5,7H/q;;-1;;;;-1;;/p+2. The molecule has 0 amide bonds. The third-order valence-corrected chi connectivity index (χ3v) is 31.5. The van der Waals surface area contributed by atoms with Crippen molar-refractivity contribution in [3.63, 3.8) is 0 Å². The highest BCUT2D eigenvalue weighted by Gasteiger charge is 2.72. The second-order valence-corrected chi connectivity index (χ2v) is 45.7. The van der Waals surface area contributed by atoms with Crippen LogP contribution in [-0.2, 0) is 123 Å². The minimum absolute atomic E-state index is 0.0526. The molecule has 750 valence electrons. The molecular formula is C93H139F8N3O22S6. The van der Waals surface area contributed by atoms with Crippen LogP contribution >= 0.6 is 0 Å². The molecule has 8 unspecified atom stereocenters. The molecule has 7 aliphatic rings. The Morgan fingerprint density at radius 3 is 1.27 bits per heavy atom. The van der Waals surface area contributed by atoms with Gasteiger partial charge in [0.1, 0.15) is 44.7 Å². The second-order valence-electron chi connectivity index (χ2n) is 37.4. The molecule has 11 rings (SSSR count). The second kappa shape index (κ2) is 50.6. The number of hydrogen-bond acceptors (Lipinski definition) is 23. The van der Waals surface area contributed by atoms with Crippen LogP contribution in [0.1, 0.15) is 278 Å². The van der Waals surface area contributed by atoms with Gasteiger partial charge in [0.25, 0.3) is 0 Å². The molecule has 1 heterocycles. The number of hydrogen-bond donors (Lipinski definition) is 2. The van der Waals surface area contributed by atoms with E-state index in [1.165, 1.54) is 68.1 Å². The zero-order valence-electron chi connectivity index (χ0n) is 79.7. The van der Waals surface area contributed by atoms with Crippen molar-refractivity contribution in [3.8, 4) is 17.6 Å². The molecule has 4 aromatic rings. The molecule has 1 saturated heterocycles. The molecule has 6 saturated carbocycles. The number of aromatic hydroxyl groups is 2. The fourth-order valence-electron chi connectivity index (χ4n) is 14.2. The molecule has 39 heteroatoms. The number of alkyl halides is 8. The van der Waals surface area contributed by atoms with Crippen LogP contribution in [0.15, 0.2) is 119 Å². The number of halogens is 8. The van der Waals surface area contributed by atoms with E-state index >= 15 is 0 Å². The van der Waals surface area contributed by atoms with Crippen molar-refractivity contribution in [2.75, 3.05) is 19.0 Å². The number of ether oxygens (including phenoxy) is 6. The van der Waals surface area contributed by atoms with E-state index in [-0.39, 0.29) is 77.8 Å². The average molecular weight is 2000 g/mol. The first kappa shape index (κ1) is 121. The van der Waals surface area contributed by atoms with Crippen LogP contribution in [0.2, 0.25) is 0 Å². The normalized spacial score (nSPS) is 21.9. The van der Waals surface area contributed by atoms with Crippen molar-refractivity contribution >= 4 is 101 Å². The molecule has 2 N–H and O–H groups in total. The van der Waals surface area contributed by atoms with Gasteiger partial charge in [-0.1, -0.05) is 137 Å². The van der Waals surface area contributed by atoms with Crippen molar-refractivity contribution in [2.24, 2.45) is 68.5 Å². The van der Waals surface area contributed by atoms with Crippen LogP contribution in [-0.4, -0.2) is 138 Å². The van der Waals surface area contributed by atoms with Gasteiger partial charge in [0.05, 0.1) is 50.3 Å². The fourth-order valence-corrected chi connectivity index (χ4v) is 19.0. The lowest BCUT2D eigenvalue weighted by atomic mass is 9.49. The van der Waals surface area contributed by atoms with E-state index < -0.39 is 114 Å². The maximum absolute atomic E-state index is 13.4. The highest BCUT2D eigenvalue weighted by molar-refractivity contribution is 8.13. The molecule has 7 fully saturated rings. The van der Waals surface area contributed by atoms with Crippen molar-refractivity contribution in [3.05, 3.63) is 129 Å². The summed E-state index contributed by atoms with van der Waals surface area (Å²) in [6.45, 7) is 38.6. The fraction of sp³-hybridized carbons (Fsp3) is 0.667. The van der Waals surface area contributed by atoms with Gasteiger partial charge in [-0.2, -0.15) is 40.4 Å². The van der Waals surface area contributed by atoms with E-state index in [0.29, 0.717) is 54.4 Å². The van der Waals surface area contributed by atoms with Gasteiger partial charge in [0.2, 0.25) is 0 Å². The van der Waals surface area contributed by atoms with Gasteiger partial charge in [0, 0.05) is 17.6 Å². The molecular weight excluding hydrogens is 1860 g/mol. The number of benzene rings is 4. The lowest BCUT2D eigenvalue weighted by Gasteiger charge is -2.60. The number of nitrogens with zero attached hydrogens (tertiary/aromatic N) is 3. The Kier molecular flexibility index (Phi) is 46.3. The molecule has 4 aromatic carbocycles. The van der Waals surface area contributed by atoms with E-state index in [9.17, 15) is 103 Å². The number of phenols is 2. The Bertz CT molecular complexity index is 4740. The van der Waals surface area contributed by atoms with E-state index in [0.717, 1.165) is 60.2 Å². The van der Waals surface area contributed by atoms with Crippen LogP contribution in [0.25, 0.3) is 8.25 Å². The van der Waals surface area contributed by atoms with Crippen LogP contribution in [0.4, 0.5) is 35.1 Å². The smallest absolute Gasteiger partial charge is 0.480 e. The van der Waals surface area contributed by atoms with Crippen LogP contribution < -0.4 is 0 Å². The highest BCUT2D eigenvalue weighted by atomic mass is 32.3. The minimum atomic E-state index is -6.69. The number of phenolic OH excluding ortho intramolecular Hbond substituents is 2. The number of carbonyl (C=O) groups excluding carboxylic acids is 6. The number of carbonyl (C=O) groups is 6. The van der Waals surface area contributed by atoms with Crippen LogP contribution in [0, 0.1) is 79.8 Å². The Morgan fingerprint density at radius 2 is 0.917 bits per heavy atom. The van der Waals surface area contributed by atoms with E-state index in [4.69, 9.17) is 33.9 Å². The molecule has 25 nitrogen and oxygen atoms in total. The summed E-state index contributed by atoms with van der Waals surface area (Å²) in [5.41, 5.74) is -13.7. The third kappa shape index (κ3) is 36.0. The summed E-state index contributed by atoms with van der Waals surface area (Å²) >= 11 is 6.71. The Morgan fingerprint density at radius 1 is 0.530 bits per heavy atom. The lowest BCUT2D eigenvalue weighted by molar-refractivity contribution is -0.214. The van der Waals surface area contributed by atoms with Gasteiger partial charge in [0.15, 0.2) is 42.1 Å². The summed E-state index contributed by atoms with van der Waals surface area (Å²) in [5.74, 6) is 1.53. The largest absolute Gasteiger partial charge is 0.508 e. The summed E-state index contributed by atoms with van der Waals surface area (Å²) in [4.78, 5) is 73.2. The van der Waals surface area contributed by atoms with Crippen LogP contribution in [0.3, 0.4) is 0 Å². The Labute approximate surface area is 787 Å². The summed E-state index contributed by atoms with van der Waals surface area (Å²) in [7, 11) is -24.1. The quantitative estimate of drug-likeness (QED) is 0.0175. The number of esters is 6. The highest BCUT2D eigenvalue weighted by Crippen LogP contribution is 2.63. The monoisotopic (exact) mass is 1990 g/mol. The molecule has 8 atom stereocenters. The predicted octanol–water partition coefficient (Wildman–Crippen LogP) is 20.7. The summed E-state index contributed by atoms with van der Waals surface area (Å²) in [6.07, 6.45) is 13.1. The molecule has 0 spiro atoms. The summed E-state index contributed by atoms with van der Waals surface area (Å²) in [6, 6.07) is 36.9. The maximum Gasteiger partial charge on any atom is 0.480 e. The SMILES string of the molecule is CCC(C)(C)C(=O)OC(C)(C)C.CCC(C)(C)C(=O)OC1C2CC3C1OC(=O)C3(C#N)C2.CCC(C)(C)C(=O)OCC(F)(F)S(=O)(=O)[N-]S(=O)(=O)C(F)(F)F.CCC(C)(C)C(=O)OCCCS(=O)(=O)[N-]S(=O)(=O)C(F)(F)F.CCC(C)C(=O)OC1(CC)C2CC3CC(C2)CC1C3.CCC(C)c1ccc(O)cc1.CCC(C)c1ccc(O)cc1.[SH2+]c1ccccc1.[SH2+]c1ccccc1. The zero-order valence-corrected chi connectivity index (χ0v) is 85.0. The summed E-state index contributed by atoms with van der Waals surface area (Å²) < 4.78 is 220. The number of sulfonamides is 4. The first-order valence-electron chi connectivity index (χ1n) is 44.1. The van der Waals surface area contributed by atoms with Gasteiger partial charge in [-0.05, 0) is 299 Å². The number of rotatable bonds is 28. The van der Waals surface area contributed by atoms with E-state index in [1.807, 2.05) is 158 Å². The van der Waals surface area contributed by atoms with Gasteiger partial charge in [-0.15, -0.1) is 0 Å². The van der Waals surface area contributed by atoms with Gasteiger partial charge in [-0.3, -0.25) is 28.8 Å². The molecule has 132 heavy (non-hydrogen) atoms. The molecule has 0 aromatic heterocycles. The lowest BCUT2D eigenvalue weighted by Crippen LogP contribution is -2.59. The van der Waals surface area contributed by atoms with Crippen molar-refractivity contribution in [2.45, 2.75) is 316 Å². The number of nitriles is 1. The average Bonchev–Trinajstić information content (AvgIpc) is 1.51. The Balaban J connectivity index is 0.000000514. The molecule has 6 bridgehead atoms. The van der Waals surface area contributed by atoms with E-state index in [1.54, 1.807) is 45.0 Å². The number of fused-ring (bicyclic) bond motifs is 1. The van der Waals surface area contributed by atoms with Crippen molar-refractivity contribution < 1.29 is 136 Å². The van der Waals surface area contributed by atoms with Gasteiger partial charge >= 0.3 is 52.1 Å². The predicted molar refractivity (Wildman–Crippen MR) is 496 cm³/mol. The first-order chi connectivity index (χ1) is 60.4. The molecule has 0 radical (unpaired) electrons. The van der Waals surface area contributed by atoms with Crippen LogP contribution in [0.5, 0.6) is 11.5 Å². The first-order valence-corrected chi connectivity index (χ1v) is 51.1. The Hall–Kier alpha value is -7.35. The topological polar surface area (TPSA) is 387 Å². The molecule has 1 aliphatic heterocycles. The zero-order chi connectivity index (χ0) is 102. The van der Waals surface area contributed by atoms with Crippen molar-refractivity contribution in [1.29, 1.82) is 5.26 Å². The van der Waals surface area contributed by atoms with Gasteiger partial charge < -0.3 is 46.9 Å². The minimum Gasteiger partial charge on any atom is -0.508 e. The molecule has 6 aliphatic carbocycles. The van der Waals surface area contributed by atoms with E-state index in [2.05, 4.69) is 77.6 Å². The van der Waals surface area contributed by atoms with Crippen molar-refractivity contribution in [1.82, 2.24) is 0 Å². The third-order valence-electron chi connectivity index (χ3n) is 24.7. The maximum atomic E-state index is 13.4. The van der Waals surface area contributed by atoms with Gasteiger partial charge in [-0.25, -0.2) is 33.7 Å².